The maximum Gasteiger partial charge on any atom is 0.106 e. The second-order valence-electron chi connectivity index (χ2n) is 4.17. The SMILES string of the molecule is Nc1c(NCC2CSCCS2)ccc2scnc12. The van der Waals surface area contributed by atoms with Crippen LogP contribution in [0.5, 0.6) is 0 Å². The van der Waals surface area contributed by atoms with E-state index in [0.717, 1.165) is 28.1 Å². The van der Waals surface area contributed by atoms with Crippen LogP contribution in [0.4, 0.5) is 11.4 Å². The van der Waals surface area contributed by atoms with Crippen LogP contribution in [0.2, 0.25) is 0 Å². The van der Waals surface area contributed by atoms with Crippen LogP contribution in [0.15, 0.2) is 17.6 Å². The molecule has 0 bridgehead atoms. The number of aromatic nitrogens is 1. The topological polar surface area (TPSA) is 50.9 Å². The van der Waals surface area contributed by atoms with Gasteiger partial charge < -0.3 is 11.1 Å². The van der Waals surface area contributed by atoms with E-state index in [1.54, 1.807) is 11.3 Å². The van der Waals surface area contributed by atoms with Crippen molar-refractivity contribution < 1.29 is 0 Å². The Balaban J connectivity index is 1.71. The summed E-state index contributed by atoms with van der Waals surface area (Å²) in [7, 11) is 0. The van der Waals surface area contributed by atoms with Crippen molar-refractivity contribution >= 4 is 56.5 Å². The Kier molecular flexibility index (Phi) is 3.86. The third-order valence-corrected chi connectivity index (χ3v) is 6.59. The first-order valence-electron chi connectivity index (χ1n) is 5.89. The Morgan fingerprint density at radius 2 is 2.33 bits per heavy atom. The minimum atomic E-state index is 0.689. The van der Waals surface area contributed by atoms with Gasteiger partial charge in [-0.05, 0) is 12.1 Å². The van der Waals surface area contributed by atoms with Crippen molar-refractivity contribution in [2.24, 2.45) is 0 Å². The van der Waals surface area contributed by atoms with Crippen molar-refractivity contribution in [3.63, 3.8) is 0 Å². The van der Waals surface area contributed by atoms with Gasteiger partial charge in [-0.1, -0.05) is 0 Å². The highest BCUT2D eigenvalue weighted by Gasteiger charge is 2.15. The number of thiazole rings is 1. The van der Waals surface area contributed by atoms with Gasteiger partial charge in [-0.15, -0.1) is 11.3 Å². The van der Waals surface area contributed by atoms with Gasteiger partial charge >= 0.3 is 0 Å². The molecule has 1 aromatic heterocycles. The number of thioether (sulfide) groups is 2. The molecular formula is C12H15N3S3. The molecule has 2 heterocycles. The molecule has 2 aromatic rings. The predicted octanol–water partition coefficient (Wildman–Crippen LogP) is 3.14. The fraction of sp³-hybridized carbons (Fsp3) is 0.417. The van der Waals surface area contributed by atoms with Crippen molar-refractivity contribution in [3.05, 3.63) is 17.6 Å². The molecule has 1 fully saturated rings. The first kappa shape index (κ1) is 12.4. The van der Waals surface area contributed by atoms with Gasteiger partial charge in [0.05, 0.1) is 21.6 Å². The third kappa shape index (κ3) is 2.55. The highest BCUT2D eigenvalue weighted by molar-refractivity contribution is 8.06. The lowest BCUT2D eigenvalue weighted by molar-refractivity contribution is 1.01. The van der Waals surface area contributed by atoms with Crippen LogP contribution >= 0.6 is 34.9 Å². The van der Waals surface area contributed by atoms with Gasteiger partial charge in [0, 0.05) is 29.1 Å². The zero-order valence-corrected chi connectivity index (χ0v) is 12.3. The largest absolute Gasteiger partial charge is 0.395 e. The zero-order chi connectivity index (χ0) is 12.4. The van der Waals surface area contributed by atoms with Crippen molar-refractivity contribution in [2.75, 3.05) is 34.9 Å². The van der Waals surface area contributed by atoms with Crippen molar-refractivity contribution in [2.45, 2.75) is 5.25 Å². The maximum atomic E-state index is 6.15. The molecule has 6 heteroatoms. The summed E-state index contributed by atoms with van der Waals surface area (Å²) in [4.78, 5) is 4.32. The van der Waals surface area contributed by atoms with E-state index < -0.39 is 0 Å². The summed E-state index contributed by atoms with van der Waals surface area (Å²) in [6.45, 7) is 0.984. The van der Waals surface area contributed by atoms with Crippen LogP contribution in [0.3, 0.4) is 0 Å². The summed E-state index contributed by atoms with van der Waals surface area (Å²) < 4.78 is 1.15. The molecule has 1 atom stereocenters. The number of hydrogen-bond donors (Lipinski definition) is 2. The molecule has 0 amide bonds. The molecule has 96 valence electrons. The van der Waals surface area contributed by atoms with Crippen LogP contribution in [-0.2, 0) is 0 Å². The number of nitrogen functional groups attached to an aromatic ring is 1. The molecule has 1 unspecified atom stereocenters. The molecule has 0 radical (unpaired) electrons. The fourth-order valence-corrected chi connectivity index (χ4v) is 5.29. The quantitative estimate of drug-likeness (QED) is 0.852. The first-order valence-corrected chi connectivity index (χ1v) is 8.98. The average Bonchev–Trinajstić information content (AvgIpc) is 2.88. The molecule has 1 aliphatic heterocycles. The Hall–Kier alpha value is -0.590. The van der Waals surface area contributed by atoms with E-state index in [9.17, 15) is 0 Å². The van der Waals surface area contributed by atoms with E-state index in [1.165, 1.54) is 17.3 Å². The van der Waals surface area contributed by atoms with Crippen molar-refractivity contribution in [1.29, 1.82) is 0 Å². The molecule has 0 aliphatic carbocycles. The summed E-state index contributed by atoms with van der Waals surface area (Å²) in [5, 5.41) is 4.16. The Morgan fingerprint density at radius 1 is 1.39 bits per heavy atom. The normalized spacial score (nSPS) is 20.1. The number of hydrogen-bond acceptors (Lipinski definition) is 6. The molecule has 1 aliphatic rings. The monoisotopic (exact) mass is 297 g/mol. The van der Waals surface area contributed by atoms with Gasteiger partial charge in [-0.2, -0.15) is 23.5 Å². The zero-order valence-electron chi connectivity index (χ0n) is 9.89. The molecule has 0 saturated carbocycles. The van der Waals surface area contributed by atoms with Gasteiger partial charge in [0.1, 0.15) is 5.52 Å². The van der Waals surface area contributed by atoms with Gasteiger partial charge in [-0.3, -0.25) is 0 Å². The Bertz CT molecular complexity index is 534. The molecule has 1 aromatic carbocycles. The van der Waals surface area contributed by atoms with Crippen LogP contribution in [-0.4, -0.2) is 34.0 Å². The number of anilines is 2. The van der Waals surface area contributed by atoms with Gasteiger partial charge in [0.25, 0.3) is 0 Å². The van der Waals surface area contributed by atoms with E-state index in [2.05, 4.69) is 34.2 Å². The smallest absolute Gasteiger partial charge is 0.106 e. The summed E-state index contributed by atoms with van der Waals surface area (Å²) in [6.07, 6.45) is 0. The third-order valence-electron chi connectivity index (χ3n) is 2.95. The van der Waals surface area contributed by atoms with Gasteiger partial charge in [-0.25, -0.2) is 4.98 Å². The molecular weight excluding hydrogens is 282 g/mol. The van der Waals surface area contributed by atoms with Crippen LogP contribution < -0.4 is 11.1 Å². The number of nitrogens with two attached hydrogens (primary N) is 1. The fourth-order valence-electron chi connectivity index (χ4n) is 1.98. The molecule has 0 spiro atoms. The van der Waals surface area contributed by atoms with Crippen molar-refractivity contribution in [1.82, 2.24) is 4.98 Å². The number of rotatable bonds is 3. The number of nitrogens with one attached hydrogen (secondary N) is 1. The molecule has 3 nitrogen and oxygen atoms in total. The van der Waals surface area contributed by atoms with E-state index >= 15 is 0 Å². The molecule has 3 N–H and O–H groups in total. The summed E-state index contributed by atoms with van der Waals surface area (Å²) in [5.41, 5.74) is 10.7. The molecule has 18 heavy (non-hydrogen) atoms. The van der Waals surface area contributed by atoms with Gasteiger partial charge in [0.15, 0.2) is 0 Å². The number of nitrogens with zero attached hydrogens (tertiary/aromatic N) is 1. The Labute approximate surface area is 119 Å². The van der Waals surface area contributed by atoms with Crippen LogP contribution in [0.25, 0.3) is 10.2 Å². The predicted molar refractivity (Wildman–Crippen MR) is 86.1 cm³/mol. The minimum absolute atomic E-state index is 0.689. The Morgan fingerprint density at radius 3 is 3.17 bits per heavy atom. The second kappa shape index (κ2) is 5.59. The van der Waals surface area contributed by atoms with Crippen LogP contribution in [0, 0.1) is 0 Å². The summed E-state index contributed by atoms with van der Waals surface area (Å²) >= 11 is 5.73. The second-order valence-corrected chi connectivity index (χ2v) is 7.62. The van der Waals surface area contributed by atoms with E-state index in [0.29, 0.717) is 5.25 Å². The summed E-state index contributed by atoms with van der Waals surface area (Å²) in [6, 6.07) is 4.16. The average molecular weight is 297 g/mol. The first-order chi connectivity index (χ1) is 8.84. The van der Waals surface area contributed by atoms with E-state index in [4.69, 9.17) is 5.73 Å². The maximum absolute atomic E-state index is 6.15. The van der Waals surface area contributed by atoms with E-state index in [1.807, 2.05) is 17.3 Å². The molecule has 3 rings (SSSR count). The number of benzene rings is 1. The highest BCUT2D eigenvalue weighted by atomic mass is 32.2. The van der Waals surface area contributed by atoms with E-state index in [-0.39, 0.29) is 0 Å². The van der Waals surface area contributed by atoms with Crippen molar-refractivity contribution in [3.8, 4) is 0 Å². The van der Waals surface area contributed by atoms with Crippen LogP contribution in [0.1, 0.15) is 0 Å². The minimum Gasteiger partial charge on any atom is -0.395 e. The number of fused-ring (bicyclic) bond motifs is 1. The highest BCUT2D eigenvalue weighted by Crippen LogP contribution is 2.31. The van der Waals surface area contributed by atoms with Gasteiger partial charge in [0.2, 0.25) is 0 Å². The lowest BCUT2D eigenvalue weighted by Crippen LogP contribution is -2.23. The summed E-state index contributed by atoms with van der Waals surface area (Å²) in [5.74, 6) is 3.78. The molecule has 1 saturated heterocycles. The lowest BCUT2D eigenvalue weighted by Gasteiger charge is -2.22. The standard InChI is InChI=1S/C12H15N3S3/c13-11-9(1-2-10-12(11)15-7-18-10)14-5-8-6-16-3-4-17-8/h1-2,7-8,14H,3-6,13H2. The lowest BCUT2D eigenvalue weighted by atomic mass is 10.2.